The zero-order valence-corrected chi connectivity index (χ0v) is 13.2. The molecule has 0 aliphatic carbocycles. The van der Waals surface area contributed by atoms with Crippen molar-refractivity contribution < 1.29 is 54.7 Å². The van der Waals surface area contributed by atoms with Crippen LogP contribution in [0.1, 0.15) is 0 Å². The maximum absolute atomic E-state index is 10.2. The van der Waals surface area contributed by atoms with E-state index in [-0.39, 0.29) is 6.73 Å². The van der Waals surface area contributed by atoms with Gasteiger partial charge in [0.05, 0.1) is 19.9 Å². The molecule has 0 aromatic heterocycles. The third kappa shape index (κ3) is 4.27. The Hall–Kier alpha value is -0.480. The molecule has 0 bridgehead atoms. The van der Waals surface area contributed by atoms with Gasteiger partial charge in [0.1, 0.15) is 48.8 Å². The van der Waals surface area contributed by atoms with E-state index in [1.807, 2.05) is 0 Å². The lowest BCUT2D eigenvalue weighted by atomic mass is 9.97. The van der Waals surface area contributed by atoms with Gasteiger partial charge in [0, 0.05) is 0 Å². The van der Waals surface area contributed by atoms with Crippen LogP contribution < -0.4 is 5.73 Å². The van der Waals surface area contributed by atoms with Gasteiger partial charge in [-0.15, -0.1) is 0 Å². The zero-order valence-electron chi connectivity index (χ0n) is 13.2. The number of rotatable bonds is 6. The van der Waals surface area contributed by atoms with Crippen LogP contribution in [0.5, 0.6) is 0 Å². The second kappa shape index (κ2) is 8.94. The van der Waals surface area contributed by atoms with Crippen molar-refractivity contribution in [1.29, 1.82) is 0 Å². The number of ether oxygens (including phenoxy) is 4. The van der Waals surface area contributed by atoms with Gasteiger partial charge in [0.2, 0.25) is 0 Å². The minimum atomic E-state index is -1.71. The smallest absolute Gasteiger partial charge is 0.188 e. The van der Waals surface area contributed by atoms with E-state index in [0.717, 1.165) is 0 Å². The van der Waals surface area contributed by atoms with Gasteiger partial charge in [0.25, 0.3) is 0 Å². The summed E-state index contributed by atoms with van der Waals surface area (Å²) in [5, 5.41) is 68.2. The summed E-state index contributed by atoms with van der Waals surface area (Å²) in [5.74, 6) is 0. The molecule has 0 aromatic carbocycles. The molecule has 148 valence electrons. The van der Waals surface area contributed by atoms with Gasteiger partial charge in [-0.1, -0.05) is 0 Å². The van der Waals surface area contributed by atoms with Gasteiger partial charge in [0.15, 0.2) is 12.6 Å². The van der Waals surface area contributed by atoms with Crippen LogP contribution in [0.3, 0.4) is 0 Å². The van der Waals surface area contributed by atoms with Crippen molar-refractivity contribution in [3.05, 3.63) is 0 Å². The van der Waals surface area contributed by atoms with Gasteiger partial charge in [-0.2, -0.15) is 0 Å². The van der Waals surface area contributed by atoms with Crippen LogP contribution in [-0.4, -0.2) is 117 Å². The second-order valence-corrected chi connectivity index (χ2v) is 5.84. The van der Waals surface area contributed by atoms with E-state index in [2.05, 4.69) is 0 Å². The first-order chi connectivity index (χ1) is 11.8. The monoisotopic (exact) mass is 371 g/mol. The molecule has 10 atom stereocenters. The van der Waals surface area contributed by atoms with E-state index in [0.29, 0.717) is 0 Å². The first-order valence-electron chi connectivity index (χ1n) is 7.75. The Bertz CT molecular complexity index is 411. The van der Waals surface area contributed by atoms with Gasteiger partial charge in [-0.05, 0) is 0 Å². The zero-order chi connectivity index (χ0) is 18.7. The molecule has 2 heterocycles. The highest BCUT2D eigenvalue weighted by Gasteiger charge is 2.50. The van der Waals surface area contributed by atoms with Gasteiger partial charge < -0.3 is 60.4 Å². The summed E-state index contributed by atoms with van der Waals surface area (Å²) in [7, 11) is 0. The average Bonchev–Trinajstić information content (AvgIpc) is 2.61. The summed E-state index contributed by atoms with van der Waals surface area (Å²) in [6.07, 6.45) is -14.7. The standard InChI is InChI=1S/C13H25NO11/c14-3-22-12-10(21)8(19)11(5(2-16)24-12)25-13-9(20)7(18)6(17)4(1-15)23-13/h4-13,15-21H,1-3,14H2. The molecular formula is C13H25NO11. The molecule has 25 heavy (non-hydrogen) atoms. The number of aliphatic hydroxyl groups is 7. The fourth-order valence-electron chi connectivity index (χ4n) is 2.79. The van der Waals surface area contributed by atoms with Crippen LogP contribution >= 0.6 is 0 Å². The second-order valence-electron chi connectivity index (χ2n) is 5.84. The van der Waals surface area contributed by atoms with E-state index in [1.54, 1.807) is 0 Å². The quantitative estimate of drug-likeness (QED) is 0.206. The molecule has 12 nitrogen and oxygen atoms in total. The third-order valence-corrected chi connectivity index (χ3v) is 4.22. The summed E-state index contributed by atoms with van der Waals surface area (Å²) in [4.78, 5) is 0. The molecule has 0 radical (unpaired) electrons. The highest BCUT2D eigenvalue weighted by Crippen LogP contribution is 2.29. The molecule has 0 saturated carbocycles. The van der Waals surface area contributed by atoms with E-state index >= 15 is 0 Å². The number of hydrogen-bond donors (Lipinski definition) is 8. The Kier molecular flexibility index (Phi) is 7.45. The topological polar surface area (TPSA) is 205 Å². The van der Waals surface area contributed by atoms with Crippen molar-refractivity contribution in [2.75, 3.05) is 19.9 Å². The molecule has 9 N–H and O–H groups in total. The Balaban J connectivity index is 2.11. The molecule has 2 aliphatic heterocycles. The maximum Gasteiger partial charge on any atom is 0.188 e. The molecule has 0 spiro atoms. The lowest BCUT2D eigenvalue weighted by Gasteiger charge is -2.45. The summed E-state index contributed by atoms with van der Waals surface area (Å²) in [6, 6.07) is 0. The Labute approximate surface area is 142 Å². The number of hydrogen-bond acceptors (Lipinski definition) is 12. The Morgan fingerprint density at radius 1 is 0.720 bits per heavy atom. The number of nitrogens with two attached hydrogens (primary N) is 1. The Morgan fingerprint density at radius 3 is 1.84 bits per heavy atom. The number of aliphatic hydroxyl groups excluding tert-OH is 7. The SMILES string of the molecule is NCOC1OC(CO)C(OC2OC(CO)C(O)C(O)C2O)C(O)C1O. The third-order valence-electron chi connectivity index (χ3n) is 4.22. The fourth-order valence-corrected chi connectivity index (χ4v) is 2.79. The predicted octanol–water partition coefficient (Wildman–Crippen LogP) is -5.46. The highest BCUT2D eigenvalue weighted by atomic mass is 16.7. The van der Waals surface area contributed by atoms with Crippen molar-refractivity contribution >= 4 is 0 Å². The van der Waals surface area contributed by atoms with E-state index in [1.165, 1.54) is 0 Å². The normalized spacial score (nSPS) is 48.5. The van der Waals surface area contributed by atoms with Crippen molar-refractivity contribution in [3.63, 3.8) is 0 Å². The van der Waals surface area contributed by atoms with Crippen molar-refractivity contribution in [3.8, 4) is 0 Å². The lowest BCUT2D eigenvalue weighted by Crippen LogP contribution is -2.64. The van der Waals surface area contributed by atoms with Crippen molar-refractivity contribution in [2.24, 2.45) is 5.73 Å². The summed E-state index contributed by atoms with van der Waals surface area (Å²) in [6.45, 7) is -1.59. The van der Waals surface area contributed by atoms with E-state index < -0.39 is 74.6 Å². The Morgan fingerprint density at radius 2 is 1.28 bits per heavy atom. The van der Waals surface area contributed by atoms with Crippen LogP contribution in [0.4, 0.5) is 0 Å². The predicted molar refractivity (Wildman–Crippen MR) is 76.5 cm³/mol. The minimum absolute atomic E-state index is 0.301. The molecule has 2 rings (SSSR count). The van der Waals surface area contributed by atoms with Crippen LogP contribution in [0.2, 0.25) is 0 Å². The molecular weight excluding hydrogens is 346 g/mol. The van der Waals surface area contributed by atoms with Gasteiger partial charge in [-0.25, -0.2) is 0 Å². The largest absolute Gasteiger partial charge is 0.394 e. The van der Waals surface area contributed by atoms with E-state index in [4.69, 9.17) is 29.8 Å². The summed E-state index contributed by atoms with van der Waals surface area (Å²) >= 11 is 0. The molecule has 0 aromatic rings. The first-order valence-corrected chi connectivity index (χ1v) is 7.75. The molecule has 10 unspecified atom stereocenters. The molecule has 0 amide bonds. The summed E-state index contributed by atoms with van der Waals surface area (Å²) in [5.41, 5.74) is 5.20. The fraction of sp³-hybridized carbons (Fsp3) is 1.00. The lowest BCUT2D eigenvalue weighted by molar-refractivity contribution is -0.359. The maximum atomic E-state index is 10.2. The molecule has 2 fully saturated rings. The highest BCUT2D eigenvalue weighted by molar-refractivity contribution is 4.93. The van der Waals surface area contributed by atoms with Crippen molar-refractivity contribution in [2.45, 2.75) is 61.4 Å². The summed E-state index contributed by atoms with van der Waals surface area (Å²) < 4.78 is 20.7. The van der Waals surface area contributed by atoms with E-state index in [9.17, 15) is 30.6 Å². The van der Waals surface area contributed by atoms with Crippen LogP contribution in [0.15, 0.2) is 0 Å². The van der Waals surface area contributed by atoms with Gasteiger partial charge >= 0.3 is 0 Å². The van der Waals surface area contributed by atoms with Gasteiger partial charge in [-0.3, -0.25) is 0 Å². The molecule has 2 saturated heterocycles. The van der Waals surface area contributed by atoms with Crippen LogP contribution in [0.25, 0.3) is 0 Å². The molecule has 12 heteroatoms. The average molecular weight is 371 g/mol. The molecule has 2 aliphatic rings. The minimum Gasteiger partial charge on any atom is -0.394 e. The van der Waals surface area contributed by atoms with Crippen LogP contribution in [0, 0.1) is 0 Å². The van der Waals surface area contributed by atoms with Crippen LogP contribution in [-0.2, 0) is 18.9 Å². The van der Waals surface area contributed by atoms with Crippen molar-refractivity contribution in [1.82, 2.24) is 0 Å². The first kappa shape index (κ1) is 20.8.